The third kappa shape index (κ3) is 2.69. The van der Waals surface area contributed by atoms with Crippen LogP contribution in [0.25, 0.3) is 6.08 Å². The minimum absolute atomic E-state index is 0.0751. The van der Waals surface area contributed by atoms with E-state index in [0.717, 1.165) is 11.1 Å². The predicted molar refractivity (Wildman–Crippen MR) is 67.8 cm³/mol. The summed E-state index contributed by atoms with van der Waals surface area (Å²) in [6, 6.07) is 9.65. The molecule has 17 heavy (non-hydrogen) atoms. The van der Waals surface area contributed by atoms with Crippen molar-refractivity contribution < 1.29 is 4.79 Å². The number of rotatable bonds is 3. The molecule has 0 aliphatic heterocycles. The summed E-state index contributed by atoms with van der Waals surface area (Å²) in [5.41, 5.74) is 2.67. The highest BCUT2D eigenvalue weighted by atomic mass is 16.1. The Labute approximate surface area is 100 Å². The summed E-state index contributed by atoms with van der Waals surface area (Å²) >= 11 is 0. The van der Waals surface area contributed by atoms with E-state index in [2.05, 4.69) is 5.10 Å². The van der Waals surface area contributed by atoms with Gasteiger partial charge in [0.2, 0.25) is 5.78 Å². The number of nitrogens with zero attached hydrogens (tertiary/aromatic N) is 2. The van der Waals surface area contributed by atoms with Gasteiger partial charge >= 0.3 is 0 Å². The minimum atomic E-state index is -0.0751. The zero-order valence-corrected chi connectivity index (χ0v) is 9.92. The summed E-state index contributed by atoms with van der Waals surface area (Å²) in [6.07, 6.45) is 5.14. The summed E-state index contributed by atoms with van der Waals surface area (Å²) in [5.74, 6) is -0.0751. The first kappa shape index (κ1) is 11.3. The maximum Gasteiger partial charge on any atom is 0.206 e. The molecule has 0 aliphatic carbocycles. The molecule has 0 saturated carbocycles. The van der Waals surface area contributed by atoms with E-state index < -0.39 is 0 Å². The number of carbonyl (C=O) groups is 1. The molecule has 1 aromatic carbocycles. The molecule has 0 fully saturated rings. The van der Waals surface area contributed by atoms with E-state index in [9.17, 15) is 4.79 Å². The summed E-state index contributed by atoms with van der Waals surface area (Å²) in [4.78, 5) is 11.8. The second-order valence-corrected chi connectivity index (χ2v) is 3.93. The van der Waals surface area contributed by atoms with Crippen LogP contribution in [0, 0.1) is 6.92 Å². The highest BCUT2D eigenvalue weighted by molar-refractivity contribution is 6.05. The number of benzene rings is 1. The van der Waals surface area contributed by atoms with Crippen molar-refractivity contribution in [2.75, 3.05) is 0 Å². The van der Waals surface area contributed by atoms with Gasteiger partial charge < -0.3 is 0 Å². The Morgan fingerprint density at radius 2 is 2.06 bits per heavy atom. The van der Waals surface area contributed by atoms with Gasteiger partial charge in [0.1, 0.15) is 5.69 Å². The van der Waals surface area contributed by atoms with Crippen LogP contribution in [-0.2, 0) is 7.05 Å². The third-order valence-electron chi connectivity index (χ3n) is 2.57. The lowest BCUT2D eigenvalue weighted by molar-refractivity contribution is 0.104. The van der Waals surface area contributed by atoms with Crippen molar-refractivity contribution in [1.82, 2.24) is 9.78 Å². The number of carbonyl (C=O) groups excluding carboxylic acids is 1. The van der Waals surface area contributed by atoms with Gasteiger partial charge in [-0.1, -0.05) is 30.3 Å². The maximum absolute atomic E-state index is 11.8. The second-order valence-electron chi connectivity index (χ2n) is 3.93. The number of ketones is 1. The second kappa shape index (κ2) is 4.78. The van der Waals surface area contributed by atoms with E-state index in [4.69, 9.17) is 0 Å². The molecule has 0 unspecified atom stereocenters. The fourth-order valence-corrected chi connectivity index (χ4v) is 1.57. The summed E-state index contributed by atoms with van der Waals surface area (Å²) in [7, 11) is 1.79. The van der Waals surface area contributed by atoms with Crippen molar-refractivity contribution in [3.8, 4) is 0 Å². The number of hydrogen-bond acceptors (Lipinski definition) is 2. The highest BCUT2D eigenvalue weighted by Gasteiger charge is 2.04. The molecule has 3 heteroatoms. The molecule has 0 saturated heterocycles. The molecule has 0 radical (unpaired) electrons. The van der Waals surface area contributed by atoms with E-state index >= 15 is 0 Å². The molecule has 86 valence electrons. The van der Waals surface area contributed by atoms with Gasteiger partial charge in [-0.25, -0.2) is 0 Å². The summed E-state index contributed by atoms with van der Waals surface area (Å²) in [5, 5.41) is 4.06. The standard InChI is InChI=1S/C14H14N2O/c1-11-5-3-4-6-12(11)7-8-14(17)13-9-10-16(2)15-13/h3-10H,1-2H3/b8-7+. The fourth-order valence-electron chi connectivity index (χ4n) is 1.57. The maximum atomic E-state index is 11.8. The van der Waals surface area contributed by atoms with Crippen LogP contribution in [-0.4, -0.2) is 15.6 Å². The fraction of sp³-hybridized carbons (Fsp3) is 0.143. The van der Waals surface area contributed by atoms with Crippen molar-refractivity contribution in [3.63, 3.8) is 0 Å². The lowest BCUT2D eigenvalue weighted by Crippen LogP contribution is -1.97. The average molecular weight is 226 g/mol. The number of aryl methyl sites for hydroxylation is 2. The first-order valence-electron chi connectivity index (χ1n) is 5.44. The van der Waals surface area contributed by atoms with Crippen molar-refractivity contribution in [2.24, 2.45) is 7.05 Å². The van der Waals surface area contributed by atoms with Crippen LogP contribution in [0.1, 0.15) is 21.6 Å². The molecular formula is C14H14N2O. The molecule has 0 atom stereocenters. The molecule has 0 amide bonds. The molecule has 0 N–H and O–H groups in total. The van der Waals surface area contributed by atoms with Gasteiger partial charge in [-0.3, -0.25) is 9.48 Å². The van der Waals surface area contributed by atoms with Crippen LogP contribution >= 0.6 is 0 Å². The van der Waals surface area contributed by atoms with Crippen molar-refractivity contribution in [1.29, 1.82) is 0 Å². The molecular weight excluding hydrogens is 212 g/mol. The molecule has 1 aromatic heterocycles. The van der Waals surface area contributed by atoms with Gasteiger partial charge in [-0.05, 0) is 30.2 Å². The van der Waals surface area contributed by atoms with Crippen molar-refractivity contribution in [2.45, 2.75) is 6.92 Å². The van der Waals surface area contributed by atoms with Gasteiger partial charge in [0, 0.05) is 13.2 Å². The predicted octanol–water partition coefficient (Wildman–Crippen LogP) is 2.62. The Kier molecular flexibility index (Phi) is 3.19. The van der Waals surface area contributed by atoms with E-state index in [1.807, 2.05) is 37.3 Å². The van der Waals surface area contributed by atoms with Gasteiger partial charge in [0.25, 0.3) is 0 Å². The van der Waals surface area contributed by atoms with Gasteiger partial charge in [-0.2, -0.15) is 5.10 Å². The molecule has 1 heterocycles. The van der Waals surface area contributed by atoms with E-state index in [0.29, 0.717) is 5.69 Å². The number of aromatic nitrogens is 2. The number of hydrogen-bond donors (Lipinski definition) is 0. The first-order chi connectivity index (χ1) is 8.16. The van der Waals surface area contributed by atoms with Crippen molar-refractivity contribution >= 4 is 11.9 Å². The van der Waals surface area contributed by atoms with Crippen LogP contribution in [0.5, 0.6) is 0 Å². The highest BCUT2D eigenvalue weighted by Crippen LogP contribution is 2.09. The molecule has 3 nitrogen and oxygen atoms in total. The van der Waals surface area contributed by atoms with Crippen LogP contribution in [0.15, 0.2) is 42.6 Å². The Hall–Kier alpha value is -2.16. The van der Waals surface area contributed by atoms with E-state index in [1.54, 1.807) is 30.1 Å². The van der Waals surface area contributed by atoms with Crippen LogP contribution in [0.4, 0.5) is 0 Å². The Bertz CT molecular complexity index is 567. The summed E-state index contributed by atoms with van der Waals surface area (Å²) in [6.45, 7) is 2.02. The SMILES string of the molecule is Cc1ccccc1/C=C/C(=O)c1ccn(C)n1. The minimum Gasteiger partial charge on any atom is -0.287 e. The third-order valence-corrected chi connectivity index (χ3v) is 2.57. The van der Waals surface area contributed by atoms with E-state index in [-0.39, 0.29) is 5.78 Å². The normalized spacial score (nSPS) is 10.9. The first-order valence-corrected chi connectivity index (χ1v) is 5.44. The Morgan fingerprint density at radius 3 is 2.71 bits per heavy atom. The summed E-state index contributed by atoms with van der Waals surface area (Å²) < 4.78 is 1.62. The van der Waals surface area contributed by atoms with Crippen molar-refractivity contribution in [3.05, 3.63) is 59.4 Å². The molecule has 0 aliphatic rings. The van der Waals surface area contributed by atoms with Crippen LogP contribution < -0.4 is 0 Å². The van der Waals surface area contributed by atoms with Gasteiger partial charge in [0.05, 0.1) is 0 Å². The van der Waals surface area contributed by atoms with E-state index in [1.165, 1.54) is 0 Å². The molecule has 2 aromatic rings. The molecule has 0 spiro atoms. The van der Waals surface area contributed by atoms with Crippen LogP contribution in [0.3, 0.4) is 0 Å². The van der Waals surface area contributed by atoms with Gasteiger partial charge in [0.15, 0.2) is 0 Å². The zero-order valence-electron chi connectivity index (χ0n) is 9.92. The molecule has 0 bridgehead atoms. The Balaban J connectivity index is 2.17. The zero-order chi connectivity index (χ0) is 12.3. The quantitative estimate of drug-likeness (QED) is 0.595. The number of allylic oxidation sites excluding steroid dienone is 1. The lowest BCUT2D eigenvalue weighted by atomic mass is 10.1. The largest absolute Gasteiger partial charge is 0.287 e. The smallest absolute Gasteiger partial charge is 0.206 e. The van der Waals surface area contributed by atoms with Crippen LogP contribution in [0.2, 0.25) is 0 Å². The molecule has 2 rings (SSSR count). The monoisotopic (exact) mass is 226 g/mol. The Morgan fingerprint density at radius 1 is 1.29 bits per heavy atom. The van der Waals surface area contributed by atoms with Gasteiger partial charge in [-0.15, -0.1) is 0 Å². The lowest BCUT2D eigenvalue weighted by Gasteiger charge is -1.97. The topological polar surface area (TPSA) is 34.9 Å². The average Bonchev–Trinajstić information content (AvgIpc) is 2.74.